The van der Waals surface area contributed by atoms with E-state index in [1.165, 1.54) is 11.7 Å². The largest absolute Gasteiger partial charge is 0.497 e. The Morgan fingerprint density at radius 3 is 2.27 bits per heavy atom. The number of halogens is 2. The van der Waals surface area contributed by atoms with Crippen molar-refractivity contribution in [2.75, 3.05) is 14.2 Å². The summed E-state index contributed by atoms with van der Waals surface area (Å²) in [4.78, 5) is 37.3. The van der Waals surface area contributed by atoms with Crippen LogP contribution in [0.2, 0.25) is 10.0 Å². The van der Waals surface area contributed by atoms with Crippen LogP contribution in [0.3, 0.4) is 0 Å². The van der Waals surface area contributed by atoms with Gasteiger partial charge in [-0.2, -0.15) is 10.2 Å². The highest BCUT2D eigenvalue weighted by atomic mass is 35.5. The molecule has 0 saturated carbocycles. The van der Waals surface area contributed by atoms with Crippen LogP contribution >= 0.6 is 23.2 Å². The second kappa shape index (κ2) is 10.9. The molecule has 0 spiro atoms. The molecule has 4 rings (SSSR count). The quantitative estimate of drug-likeness (QED) is 0.412. The number of carbonyl (C=O) groups excluding carboxylic acids is 2. The number of aromatic nitrogens is 2. The van der Waals surface area contributed by atoms with Crippen LogP contribution in [0.15, 0.2) is 52.4 Å². The fourth-order valence-electron chi connectivity index (χ4n) is 4.04. The van der Waals surface area contributed by atoms with Gasteiger partial charge in [0.15, 0.2) is 5.78 Å². The molecule has 0 radical (unpaired) electrons. The maximum Gasteiger partial charge on any atom is 0.270 e. The van der Waals surface area contributed by atoms with Gasteiger partial charge in [-0.05, 0) is 47.4 Å². The highest BCUT2D eigenvalue weighted by molar-refractivity contribution is 6.50. The van der Waals surface area contributed by atoms with Crippen molar-refractivity contribution in [3.05, 3.63) is 90.8 Å². The van der Waals surface area contributed by atoms with Crippen LogP contribution in [0.4, 0.5) is 0 Å². The van der Waals surface area contributed by atoms with Crippen LogP contribution in [-0.4, -0.2) is 46.3 Å². The molecule has 3 aromatic rings. The zero-order valence-corrected chi connectivity index (χ0v) is 22.4. The standard InChI is InChI=1S/C27H26Cl2N4O4/c1-15(2)20-11-18(30-33(27(20)36)14-16-5-7-19(37-4)8-6-16)12-21-22(28)9-17(10-23(21)29)26-24(34)13-25(35)32(3)31-26/h5-11,15H,12-14H2,1-4H3. The lowest BCUT2D eigenvalue weighted by atomic mass is 9.99. The van der Waals surface area contributed by atoms with Crippen LogP contribution in [0.25, 0.3) is 0 Å². The molecule has 0 aliphatic carbocycles. The Kier molecular flexibility index (Phi) is 7.80. The highest BCUT2D eigenvalue weighted by Gasteiger charge is 2.27. The summed E-state index contributed by atoms with van der Waals surface area (Å²) in [6.45, 7) is 4.21. The summed E-state index contributed by atoms with van der Waals surface area (Å²) in [5.41, 5.74) is 3.19. The van der Waals surface area contributed by atoms with Crippen molar-refractivity contribution >= 4 is 40.6 Å². The molecular weight excluding hydrogens is 515 g/mol. The molecule has 0 bridgehead atoms. The highest BCUT2D eigenvalue weighted by Crippen LogP contribution is 2.30. The predicted molar refractivity (Wildman–Crippen MR) is 143 cm³/mol. The molecule has 0 unspecified atom stereocenters. The first-order valence-corrected chi connectivity index (χ1v) is 12.4. The van der Waals surface area contributed by atoms with E-state index in [1.54, 1.807) is 25.3 Å². The average Bonchev–Trinajstić information content (AvgIpc) is 2.85. The van der Waals surface area contributed by atoms with Crippen molar-refractivity contribution in [1.29, 1.82) is 0 Å². The van der Waals surface area contributed by atoms with Crippen molar-refractivity contribution in [3.8, 4) is 5.75 Å². The van der Waals surface area contributed by atoms with Gasteiger partial charge in [-0.3, -0.25) is 14.4 Å². The summed E-state index contributed by atoms with van der Waals surface area (Å²) in [6, 6.07) is 12.5. The molecular formula is C27H26Cl2N4O4. The van der Waals surface area contributed by atoms with Crippen LogP contribution in [0.1, 0.15) is 54.1 Å². The fraction of sp³-hybridized carbons (Fsp3) is 0.296. The van der Waals surface area contributed by atoms with Crippen molar-refractivity contribution in [2.24, 2.45) is 5.10 Å². The number of hydrazone groups is 1. The second-order valence-electron chi connectivity index (χ2n) is 9.12. The summed E-state index contributed by atoms with van der Waals surface area (Å²) in [7, 11) is 3.09. The van der Waals surface area contributed by atoms with Gasteiger partial charge in [-0.15, -0.1) is 0 Å². The third-order valence-corrected chi connectivity index (χ3v) is 6.80. The molecule has 0 saturated heterocycles. The maximum atomic E-state index is 13.1. The fourth-order valence-corrected chi connectivity index (χ4v) is 4.66. The molecule has 0 fully saturated rings. The number of ether oxygens (including phenoxy) is 1. The minimum absolute atomic E-state index is 0.0142. The Bertz CT molecular complexity index is 1440. The SMILES string of the molecule is COc1ccc(Cn2nc(Cc3c(Cl)cc(C4=NN(C)C(=O)CC4=O)cc3Cl)cc(C(C)C)c2=O)cc1. The molecule has 2 heterocycles. The lowest BCUT2D eigenvalue weighted by molar-refractivity contribution is -0.133. The van der Waals surface area contributed by atoms with Gasteiger partial charge in [0.05, 0.1) is 25.8 Å². The van der Waals surface area contributed by atoms with E-state index in [4.69, 9.17) is 27.9 Å². The molecule has 1 aromatic heterocycles. The number of methoxy groups -OCH3 is 1. The summed E-state index contributed by atoms with van der Waals surface area (Å²) >= 11 is 13.2. The van der Waals surface area contributed by atoms with E-state index in [1.807, 2.05) is 38.1 Å². The number of benzene rings is 2. The van der Waals surface area contributed by atoms with Gasteiger partial charge < -0.3 is 4.74 Å². The second-order valence-corrected chi connectivity index (χ2v) is 9.93. The number of hydrogen-bond donors (Lipinski definition) is 0. The molecule has 8 nitrogen and oxygen atoms in total. The van der Waals surface area contributed by atoms with Crippen LogP contribution in [-0.2, 0) is 22.6 Å². The number of ketones is 1. The third kappa shape index (κ3) is 5.76. The molecule has 37 heavy (non-hydrogen) atoms. The Balaban J connectivity index is 1.69. The van der Waals surface area contributed by atoms with Crippen LogP contribution < -0.4 is 10.3 Å². The van der Waals surface area contributed by atoms with Crippen molar-refractivity contribution in [3.63, 3.8) is 0 Å². The van der Waals surface area contributed by atoms with Gasteiger partial charge in [0.2, 0.25) is 5.91 Å². The Labute approximate surface area is 224 Å². The van der Waals surface area contributed by atoms with Gasteiger partial charge in [0.1, 0.15) is 11.5 Å². The zero-order chi connectivity index (χ0) is 26.9. The van der Waals surface area contributed by atoms with Crippen molar-refractivity contribution < 1.29 is 14.3 Å². The number of amides is 1. The number of rotatable bonds is 7. The number of nitrogens with zero attached hydrogens (tertiary/aromatic N) is 4. The Hall–Kier alpha value is -3.49. The Morgan fingerprint density at radius 1 is 1.03 bits per heavy atom. The minimum Gasteiger partial charge on any atom is -0.497 e. The summed E-state index contributed by atoms with van der Waals surface area (Å²) < 4.78 is 6.66. The van der Waals surface area contributed by atoms with Crippen LogP contribution in [0.5, 0.6) is 5.75 Å². The van der Waals surface area contributed by atoms with Gasteiger partial charge >= 0.3 is 0 Å². The van der Waals surface area contributed by atoms with E-state index < -0.39 is 5.78 Å². The van der Waals surface area contributed by atoms with E-state index in [9.17, 15) is 14.4 Å². The predicted octanol–water partition coefficient (Wildman–Crippen LogP) is 4.46. The van der Waals surface area contributed by atoms with Gasteiger partial charge in [-0.1, -0.05) is 49.2 Å². The lowest BCUT2D eigenvalue weighted by Gasteiger charge is -2.19. The summed E-state index contributed by atoms with van der Waals surface area (Å²) in [5, 5.41) is 10.5. The van der Waals surface area contributed by atoms with E-state index >= 15 is 0 Å². The molecule has 0 atom stereocenters. The molecule has 1 aliphatic rings. The molecule has 1 aliphatic heterocycles. The van der Waals surface area contributed by atoms with E-state index in [0.29, 0.717) is 39.0 Å². The number of carbonyl (C=O) groups is 2. The first kappa shape index (κ1) is 26.6. The zero-order valence-electron chi connectivity index (χ0n) is 20.9. The molecule has 2 aromatic carbocycles. The summed E-state index contributed by atoms with van der Waals surface area (Å²) in [6.07, 6.45) is 0.0172. The van der Waals surface area contributed by atoms with E-state index in [2.05, 4.69) is 10.2 Å². The smallest absolute Gasteiger partial charge is 0.270 e. The normalized spacial score (nSPS) is 13.8. The summed E-state index contributed by atoms with van der Waals surface area (Å²) in [5.74, 6) is -0.0524. The van der Waals surface area contributed by atoms with E-state index in [0.717, 1.165) is 16.3 Å². The third-order valence-electron chi connectivity index (χ3n) is 6.13. The molecule has 10 heteroatoms. The van der Waals surface area contributed by atoms with Crippen molar-refractivity contribution in [2.45, 2.75) is 39.2 Å². The molecule has 1 amide bonds. The number of hydrogen-bond acceptors (Lipinski definition) is 6. The monoisotopic (exact) mass is 540 g/mol. The molecule has 192 valence electrons. The number of Topliss-reactive ketones (excluding diaryl/α,β-unsaturated/α-hetero) is 1. The van der Waals surface area contributed by atoms with Gasteiger partial charge in [0, 0.05) is 34.6 Å². The first-order chi connectivity index (χ1) is 17.6. The maximum absolute atomic E-state index is 13.1. The molecule has 0 N–H and O–H groups in total. The van der Waals surface area contributed by atoms with Gasteiger partial charge in [0.25, 0.3) is 5.56 Å². The van der Waals surface area contributed by atoms with Gasteiger partial charge in [-0.25, -0.2) is 9.69 Å². The van der Waals surface area contributed by atoms with Crippen LogP contribution in [0, 0.1) is 0 Å². The topological polar surface area (TPSA) is 93.9 Å². The minimum atomic E-state index is -0.392. The lowest BCUT2D eigenvalue weighted by Crippen LogP contribution is -2.35. The van der Waals surface area contributed by atoms with E-state index in [-0.39, 0.29) is 35.9 Å². The first-order valence-electron chi connectivity index (χ1n) is 11.7. The Morgan fingerprint density at radius 2 is 1.68 bits per heavy atom. The van der Waals surface area contributed by atoms with Crippen molar-refractivity contribution in [1.82, 2.24) is 14.8 Å². The average molecular weight is 541 g/mol.